The number of hydrogen-bond donors (Lipinski definition) is 1. The van der Waals surface area contributed by atoms with Crippen molar-refractivity contribution in [1.29, 1.82) is 0 Å². The summed E-state index contributed by atoms with van der Waals surface area (Å²) in [5, 5.41) is 11.2. The Bertz CT molecular complexity index is 1570. The molecular formula is C28H30Cl2N2O10S. The Balaban J connectivity index is 1.90. The summed E-state index contributed by atoms with van der Waals surface area (Å²) in [6, 6.07) is 7.45. The van der Waals surface area contributed by atoms with Crippen LogP contribution in [0.1, 0.15) is 22.8 Å². The summed E-state index contributed by atoms with van der Waals surface area (Å²) >= 11 is 12.6. The largest absolute Gasteiger partial charge is 0.493 e. The zero-order valence-corrected chi connectivity index (χ0v) is 26.0. The van der Waals surface area contributed by atoms with Gasteiger partial charge >= 0.3 is 0 Å². The Labute approximate surface area is 258 Å². The van der Waals surface area contributed by atoms with Gasteiger partial charge in [-0.25, -0.2) is 0 Å². The number of halogens is 2. The maximum absolute atomic E-state index is 14.0. The van der Waals surface area contributed by atoms with E-state index in [1.165, 1.54) is 69.6 Å². The highest BCUT2D eigenvalue weighted by Gasteiger charge is 2.65. The zero-order valence-electron chi connectivity index (χ0n) is 23.7. The third kappa shape index (κ3) is 5.67. The second-order valence-electron chi connectivity index (χ2n) is 10.1. The van der Waals surface area contributed by atoms with Crippen molar-refractivity contribution in [1.82, 2.24) is 4.90 Å². The molecule has 43 heavy (non-hydrogen) atoms. The molecule has 4 unspecified atom stereocenters. The molecule has 1 aliphatic heterocycles. The number of hydrogen-bond acceptors (Lipinski definition) is 9. The fraction of sp³-hybridized carbons (Fsp3) is 0.393. The third-order valence-corrected chi connectivity index (χ3v) is 9.92. The van der Waals surface area contributed by atoms with Crippen molar-refractivity contribution in [2.45, 2.75) is 23.3 Å². The number of carbonyl (C=O) groups excluding carboxylic acids is 1. The van der Waals surface area contributed by atoms with E-state index < -0.39 is 43.3 Å². The van der Waals surface area contributed by atoms with Gasteiger partial charge in [-0.2, -0.15) is 8.42 Å². The van der Waals surface area contributed by atoms with Crippen LogP contribution in [0.5, 0.6) is 17.2 Å². The van der Waals surface area contributed by atoms with Crippen molar-refractivity contribution in [2.24, 2.45) is 5.92 Å². The lowest BCUT2D eigenvalue weighted by molar-refractivity contribution is -0.569. The highest BCUT2D eigenvalue weighted by atomic mass is 35.5. The molecule has 12 nitrogen and oxygen atoms in total. The molecule has 0 bridgehead atoms. The highest BCUT2D eigenvalue weighted by molar-refractivity contribution is 7.86. The van der Waals surface area contributed by atoms with Gasteiger partial charge in [0.25, 0.3) is 21.6 Å². The average Bonchev–Trinajstić information content (AvgIpc) is 3.00. The van der Waals surface area contributed by atoms with Gasteiger partial charge in [0.05, 0.1) is 50.4 Å². The number of morpholine rings is 1. The van der Waals surface area contributed by atoms with Crippen molar-refractivity contribution in [2.75, 3.05) is 41.0 Å². The van der Waals surface area contributed by atoms with Gasteiger partial charge < -0.3 is 23.8 Å². The molecule has 1 saturated heterocycles. The number of nitro groups is 1. The molecule has 232 valence electrons. The van der Waals surface area contributed by atoms with Crippen molar-refractivity contribution in [3.63, 3.8) is 0 Å². The fourth-order valence-electron chi connectivity index (χ4n) is 5.80. The fourth-order valence-corrected chi connectivity index (χ4v) is 7.23. The topological polar surface area (TPSA) is 155 Å². The molecular weight excluding hydrogens is 627 g/mol. The molecule has 0 spiro atoms. The normalized spacial score (nSPS) is 24.3. The summed E-state index contributed by atoms with van der Waals surface area (Å²) in [6.45, 7) is 1.20. The summed E-state index contributed by atoms with van der Waals surface area (Å²) in [5.41, 5.74) is -3.62. The predicted molar refractivity (Wildman–Crippen MR) is 159 cm³/mol. The number of carbonyl (C=O) groups is 1. The third-order valence-electron chi connectivity index (χ3n) is 8.00. The van der Waals surface area contributed by atoms with Gasteiger partial charge in [0, 0.05) is 17.0 Å². The zero-order chi connectivity index (χ0) is 31.7. The van der Waals surface area contributed by atoms with E-state index in [1.54, 1.807) is 6.07 Å². The summed E-state index contributed by atoms with van der Waals surface area (Å²) in [6.07, 6.45) is 4.82. The van der Waals surface area contributed by atoms with Crippen LogP contribution in [0, 0.1) is 16.0 Å². The van der Waals surface area contributed by atoms with E-state index in [1.807, 2.05) is 0 Å². The van der Waals surface area contributed by atoms with Crippen LogP contribution in [0.25, 0.3) is 0 Å². The van der Waals surface area contributed by atoms with Gasteiger partial charge in [-0.1, -0.05) is 54.4 Å². The summed E-state index contributed by atoms with van der Waals surface area (Å²) in [4.78, 5) is 27.5. The van der Waals surface area contributed by atoms with Gasteiger partial charge in [-0.05, 0) is 35.9 Å². The Hall–Kier alpha value is -3.36. The molecule has 0 saturated carbocycles. The minimum Gasteiger partial charge on any atom is -0.493 e. The van der Waals surface area contributed by atoms with Gasteiger partial charge in [0.2, 0.25) is 5.75 Å². The molecule has 15 heteroatoms. The van der Waals surface area contributed by atoms with Crippen LogP contribution in [-0.2, 0) is 20.5 Å². The number of methoxy groups -OCH3 is 3. The van der Waals surface area contributed by atoms with Crippen LogP contribution in [0.3, 0.4) is 0 Å². The summed E-state index contributed by atoms with van der Waals surface area (Å²) in [5.74, 6) is -1.03. The lowest BCUT2D eigenvalue weighted by Gasteiger charge is -2.50. The Morgan fingerprint density at radius 2 is 1.77 bits per heavy atom. The van der Waals surface area contributed by atoms with Crippen molar-refractivity contribution >= 4 is 39.2 Å². The number of rotatable bonds is 9. The smallest absolute Gasteiger partial charge is 0.278 e. The van der Waals surface area contributed by atoms with E-state index in [2.05, 4.69) is 0 Å². The number of benzene rings is 2. The molecule has 1 heterocycles. The van der Waals surface area contributed by atoms with E-state index in [9.17, 15) is 27.9 Å². The van der Waals surface area contributed by atoms with E-state index in [4.69, 9.17) is 42.1 Å². The van der Waals surface area contributed by atoms with E-state index in [0.29, 0.717) is 5.56 Å². The lowest BCUT2D eigenvalue weighted by atomic mass is 9.67. The highest BCUT2D eigenvalue weighted by Crippen LogP contribution is 2.49. The number of amides is 1. The molecule has 1 N–H and O–H groups in total. The molecule has 2 aliphatic rings. The quantitative estimate of drug-likeness (QED) is 0.233. The van der Waals surface area contributed by atoms with Crippen molar-refractivity contribution < 1.29 is 41.6 Å². The van der Waals surface area contributed by atoms with Crippen LogP contribution < -0.4 is 14.2 Å². The minimum atomic E-state index is -4.98. The molecule has 4 rings (SSSR count). The molecule has 1 amide bonds. The first-order valence-corrected chi connectivity index (χ1v) is 15.2. The molecule has 0 aromatic heterocycles. The van der Waals surface area contributed by atoms with E-state index >= 15 is 0 Å². The van der Waals surface area contributed by atoms with Crippen LogP contribution in [0.2, 0.25) is 10.0 Å². The van der Waals surface area contributed by atoms with E-state index in [-0.39, 0.29) is 52.6 Å². The van der Waals surface area contributed by atoms with Gasteiger partial charge in [0.1, 0.15) is 5.60 Å². The first kappa shape index (κ1) is 32.6. The van der Waals surface area contributed by atoms with Crippen LogP contribution in [0.4, 0.5) is 0 Å². The Morgan fingerprint density at radius 3 is 2.30 bits per heavy atom. The van der Waals surface area contributed by atoms with Crippen LogP contribution >= 0.6 is 23.2 Å². The summed E-state index contributed by atoms with van der Waals surface area (Å²) < 4.78 is 57.7. The molecule has 1 aliphatic carbocycles. The minimum absolute atomic E-state index is 0.0787. The SMILES string of the molecule is COc1cc(C(=O)N2CCOC(c3ccc(Cl)c(Cl)c3)(C(C)C3([N+](=O)[O-])C=CC=CC3S(=O)(=O)O)C2)cc(OC)c1OC. The monoisotopic (exact) mass is 656 g/mol. The maximum Gasteiger partial charge on any atom is 0.278 e. The number of allylic oxidation sites excluding steroid dienone is 2. The number of nitrogens with zero attached hydrogens (tertiary/aromatic N) is 2. The van der Waals surface area contributed by atoms with Gasteiger partial charge in [0.15, 0.2) is 16.7 Å². The van der Waals surface area contributed by atoms with E-state index in [0.717, 1.165) is 12.2 Å². The molecule has 1 fully saturated rings. The van der Waals surface area contributed by atoms with Crippen LogP contribution in [-0.4, -0.2) is 80.5 Å². The van der Waals surface area contributed by atoms with Crippen molar-refractivity contribution in [3.8, 4) is 17.2 Å². The second-order valence-corrected chi connectivity index (χ2v) is 12.4. The van der Waals surface area contributed by atoms with Crippen LogP contribution in [0.15, 0.2) is 54.6 Å². The van der Waals surface area contributed by atoms with Crippen molar-refractivity contribution in [3.05, 3.63) is 85.9 Å². The predicted octanol–water partition coefficient (Wildman–Crippen LogP) is 4.42. The second kappa shape index (κ2) is 12.3. The summed E-state index contributed by atoms with van der Waals surface area (Å²) in [7, 11) is -0.739. The Kier molecular flexibility index (Phi) is 9.33. The van der Waals surface area contributed by atoms with Gasteiger partial charge in [-0.3, -0.25) is 19.5 Å². The standard InChI is InChI=1S/C28H30Cl2N2O10S/c1-17(27(32(34)35)10-6-5-7-24(27)43(36,37)38)28(19-8-9-20(29)21(30)15-19)16-31(11-12-42-28)26(33)18-13-22(39-2)25(41-4)23(14-18)40-3/h5-10,13-15,17,24H,11-12,16H2,1-4H3,(H,36,37,38). The van der Waals surface area contributed by atoms with Gasteiger partial charge in [-0.15, -0.1) is 0 Å². The molecule has 4 atom stereocenters. The maximum atomic E-state index is 14.0. The first-order chi connectivity index (χ1) is 20.3. The number of ether oxygens (including phenoxy) is 4. The Morgan fingerprint density at radius 1 is 1.12 bits per heavy atom. The first-order valence-electron chi connectivity index (χ1n) is 12.9. The lowest BCUT2D eigenvalue weighted by Crippen LogP contribution is -2.65. The molecule has 2 aromatic rings. The molecule has 2 aromatic carbocycles. The molecule has 0 radical (unpaired) electrons. The average molecular weight is 658 g/mol.